The lowest BCUT2D eigenvalue weighted by Crippen LogP contribution is -2.43. The number of cyclic esters (lactones) is 1. The molecule has 0 aromatic rings. The molecular formula is C25H38O5. The largest absolute Gasteiger partial charge is 0.462 e. The van der Waals surface area contributed by atoms with Crippen LogP contribution in [0.4, 0.5) is 0 Å². The van der Waals surface area contributed by atoms with E-state index in [1.54, 1.807) is 0 Å². The van der Waals surface area contributed by atoms with E-state index in [1.807, 2.05) is 20.8 Å². The van der Waals surface area contributed by atoms with E-state index in [0.29, 0.717) is 24.2 Å². The molecule has 0 saturated carbocycles. The molecule has 2 aliphatic carbocycles. The van der Waals surface area contributed by atoms with Crippen LogP contribution in [0.15, 0.2) is 23.8 Å². The second kappa shape index (κ2) is 9.25. The topological polar surface area (TPSA) is 72.8 Å². The van der Waals surface area contributed by atoms with Crippen molar-refractivity contribution in [3.63, 3.8) is 0 Å². The maximum Gasteiger partial charge on any atom is 0.311 e. The normalized spacial score (nSPS) is 36.5. The molecule has 30 heavy (non-hydrogen) atoms. The molecule has 1 fully saturated rings. The minimum Gasteiger partial charge on any atom is -0.462 e. The molecule has 7 atom stereocenters. The summed E-state index contributed by atoms with van der Waals surface area (Å²) in [5.74, 6) is 0.776. The van der Waals surface area contributed by atoms with Gasteiger partial charge in [0.25, 0.3) is 0 Å². The molecule has 1 saturated heterocycles. The minimum atomic E-state index is -0.601. The predicted molar refractivity (Wildman–Crippen MR) is 115 cm³/mol. The molecule has 0 aromatic carbocycles. The molecule has 0 spiro atoms. The number of aliphatic hydroxyl groups excluding tert-OH is 1. The Balaban J connectivity index is 1.76. The summed E-state index contributed by atoms with van der Waals surface area (Å²) < 4.78 is 11.6. The van der Waals surface area contributed by atoms with Crippen LogP contribution < -0.4 is 0 Å². The van der Waals surface area contributed by atoms with Crippen LogP contribution in [0, 0.1) is 29.1 Å². The van der Waals surface area contributed by atoms with Gasteiger partial charge in [0.15, 0.2) is 0 Å². The average Bonchev–Trinajstić information content (AvgIpc) is 2.66. The highest BCUT2D eigenvalue weighted by molar-refractivity contribution is 5.76. The van der Waals surface area contributed by atoms with Gasteiger partial charge in [0.1, 0.15) is 12.2 Å². The predicted octanol–water partition coefficient (Wildman–Crippen LogP) is 4.59. The van der Waals surface area contributed by atoms with Gasteiger partial charge in [0.05, 0.1) is 17.9 Å². The number of allylic oxidation sites excluding steroid dienone is 3. The van der Waals surface area contributed by atoms with E-state index >= 15 is 0 Å². The Morgan fingerprint density at radius 3 is 2.67 bits per heavy atom. The van der Waals surface area contributed by atoms with E-state index < -0.39 is 11.5 Å². The number of hydrogen-bond acceptors (Lipinski definition) is 5. The third-order valence-corrected chi connectivity index (χ3v) is 7.35. The summed E-state index contributed by atoms with van der Waals surface area (Å²) in [5.41, 5.74) is 0.785. The first-order valence-electron chi connectivity index (χ1n) is 11.6. The molecule has 5 heteroatoms. The fourth-order valence-electron chi connectivity index (χ4n) is 5.08. The summed E-state index contributed by atoms with van der Waals surface area (Å²) in [7, 11) is 0. The molecule has 1 N–H and O–H groups in total. The minimum absolute atomic E-state index is 0.0949. The van der Waals surface area contributed by atoms with Crippen LogP contribution in [0.5, 0.6) is 0 Å². The highest BCUT2D eigenvalue weighted by Gasteiger charge is 2.43. The van der Waals surface area contributed by atoms with Crippen molar-refractivity contribution in [2.24, 2.45) is 29.1 Å². The zero-order chi connectivity index (χ0) is 22.1. The van der Waals surface area contributed by atoms with Gasteiger partial charge in [0.2, 0.25) is 0 Å². The lowest BCUT2D eigenvalue weighted by Gasteiger charge is -2.44. The Morgan fingerprint density at radius 1 is 1.27 bits per heavy atom. The van der Waals surface area contributed by atoms with E-state index in [4.69, 9.17) is 9.47 Å². The van der Waals surface area contributed by atoms with Crippen LogP contribution in [0.25, 0.3) is 0 Å². The van der Waals surface area contributed by atoms with Crippen LogP contribution >= 0.6 is 0 Å². The van der Waals surface area contributed by atoms with Crippen molar-refractivity contribution in [3.05, 3.63) is 23.8 Å². The van der Waals surface area contributed by atoms with Crippen molar-refractivity contribution in [2.75, 3.05) is 0 Å². The molecule has 1 aliphatic heterocycles. The molecule has 0 aromatic heterocycles. The van der Waals surface area contributed by atoms with Crippen molar-refractivity contribution >= 4 is 11.9 Å². The third kappa shape index (κ3) is 5.16. The molecule has 3 rings (SSSR count). The van der Waals surface area contributed by atoms with Gasteiger partial charge < -0.3 is 14.6 Å². The number of carbonyl (C=O) groups excluding carboxylic acids is 2. The first kappa shape index (κ1) is 23.1. The third-order valence-electron chi connectivity index (χ3n) is 7.35. The molecule has 0 amide bonds. The summed E-state index contributed by atoms with van der Waals surface area (Å²) in [6.45, 7) is 10.3. The highest BCUT2D eigenvalue weighted by Crippen LogP contribution is 2.45. The van der Waals surface area contributed by atoms with Crippen molar-refractivity contribution in [1.29, 1.82) is 0 Å². The molecule has 0 unspecified atom stereocenters. The smallest absolute Gasteiger partial charge is 0.311 e. The molecular weight excluding hydrogens is 380 g/mol. The van der Waals surface area contributed by atoms with Gasteiger partial charge in [-0.1, -0.05) is 39.0 Å². The summed E-state index contributed by atoms with van der Waals surface area (Å²) in [6, 6.07) is 0. The Labute approximate surface area is 180 Å². The molecule has 0 radical (unpaired) electrons. The van der Waals surface area contributed by atoms with Crippen LogP contribution in [-0.4, -0.2) is 35.4 Å². The molecule has 5 nitrogen and oxygen atoms in total. The Hall–Kier alpha value is -1.62. The van der Waals surface area contributed by atoms with E-state index in [9.17, 15) is 14.7 Å². The maximum absolute atomic E-state index is 12.9. The fraction of sp³-hybridized carbons (Fsp3) is 0.760. The van der Waals surface area contributed by atoms with Crippen LogP contribution in [0.3, 0.4) is 0 Å². The number of ether oxygens (including phenoxy) is 2. The van der Waals surface area contributed by atoms with Gasteiger partial charge in [0, 0.05) is 12.3 Å². The van der Waals surface area contributed by atoms with Crippen molar-refractivity contribution in [2.45, 2.75) is 91.5 Å². The number of esters is 2. The summed E-state index contributed by atoms with van der Waals surface area (Å²) in [5, 5.41) is 9.92. The number of carbonyl (C=O) groups is 2. The van der Waals surface area contributed by atoms with E-state index in [1.165, 1.54) is 5.57 Å². The van der Waals surface area contributed by atoms with Crippen molar-refractivity contribution in [3.8, 4) is 0 Å². The molecule has 1 heterocycles. The SMILES string of the molecule is CCC(C)(C)C(=O)O[C@@H]1C[C@@H](C)C=C2C=C[C@H](C)[C@@H](CC[C@@H]3C[C@@H](O)CC(=O)O3)[C@H]21. The van der Waals surface area contributed by atoms with Crippen molar-refractivity contribution < 1.29 is 24.2 Å². The zero-order valence-corrected chi connectivity index (χ0v) is 19.1. The Kier molecular flexibility index (Phi) is 7.11. The van der Waals surface area contributed by atoms with E-state index in [-0.39, 0.29) is 36.5 Å². The summed E-state index contributed by atoms with van der Waals surface area (Å²) in [4.78, 5) is 24.6. The summed E-state index contributed by atoms with van der Waals surface area (Å²) in [6.07, 6.45) is 9.61. The van der Waals surface area contributed by atoms with Gasteiger partial charge in [-0.25, -0.2) is 0 Å². The molecule has 168 valence electrons. The number of rotatable bonds is 6. The van der Waals surface area contributed by atoms with Gasteiger partial charge >= 0.3 is 11.9 Å². The van der Waals surface area contributed by atoms with Crippen LogP contribution in [0.1, 0.15) is 73.1 Å². The Bertz CT molecular complexity index is 706. The first-order chi connectivity index (χ1) is 14.1. The fourth-order valence-corrected chi connectivity index (χ4v) is 5.08. The van der Waals surface area contributed by atoms with Gasteiger partial charge in [-0.05, 0) is 62.9 Å². The molecule has 0 bridgehead atoms. The maximum atomic E-state index is 12.9. The quantitative estimate of drug-likeness (QED) is 0.639. The van der Waals surface area contributed by atoms with E-state index in [2.05, 4.69) is 32.1 Å². The second-order valence-corrected chi connectivity index (χ2v) is 10.3. The van der Waals surface area contributed by atoms with Crippen LogP contribution in [-0.2, 0) is 19.1 Å². The number of fused-ring (bicyclic) bond motifs is 1. The number of aliphatic hydroxyl groups is 1. The van der Waals surface area contributed by atoms with Gasteiger partial charge in [-0.15, -0.1) is 0 Å². The monoisotopic (exact) mass is 418 g/mol. The lowest BCUT2D eigenvalue weighted by molar-refractivity contribution is -0.166. The van der Waals surface area contributed by atoms with E-state index in [0.717, 1.165) is 25.7 Å². The standard InChI is InChI=1S/C25H38O5/c1-6-25(4,5)24(28)30-21-12-15(2)11-17-8-7-16(3)20(23(17)21)10-9-19-13-18(26)14-22(27)29-19/h7-8,11,15-16,18-21,23,26H,6,9-10,12-14H2,1-5H3/t15-,16-,18+,19+,20+,21+,23-/m0/s1. The van der Waals surface area contributed by atoms with Crippen LogP contribution in [0.2, 0.25) is 0 Å². The second-order valence-electron chi connectivity index (χ2n) is 10.3. The summed E-state index contributed by atoms with van der Waals surface area (Å²) >= 11 is 0. The number of hydrogen-bond donors (Lipinski definition) is 1. The Morgan fingerprint density at radius 2 is 2.00 bits per heavy atom. The first-order valence-corrected chi connectivity index (χ1v) is 11.6. The lowest BCUT2D eigenvalue weighted by atomic mass is 9.65. The van der Waals surface area contributed by atoms with Gasteiger partial charge in [-0.3, -0.25) is 9.59 Å². The molecule has 3 aliphatic rings. The van der Waals surface area contributed by atoms with Crippen molar-refractivity contribution in [1.82, 2.24) is 0 Å². The highest BCUT2D eigenvalue weighted by atomic mass is 16.6. The average molecular weight is 419 g/mol. The van der Waals surface area contributed by atoms with Gasteiger partial charge in [-0.2, -0.15) is 0 Å². The zero-order valence-electron chi connectivity index (χ0n) is 19.1.